The van der Waals surface area contributed by atoms with Crippen molar-refractivity contribution in [3.63, 3.8) is 0 Å². The van der Waals surface area contributed by atoms with E-state index < -0.39 is 9.84 Å². The second-order valence-electron chi connectivity index (χ2n) is 7.74. The molecule has 0 N–H and O–H groups in total. The van der Waals surface area contributed by atoms with Gasteiger partial charge in [-0.3, -0.25) is 4.79 Å². The molecule has 31 heavy (non-hydrogen) atoms. The number of thioether (sulfide) groups is 1. The average Bonchev–Trinajstić information content (AvgIpc) is 3.14. The number of halogens is 1. The number of amidine groups is 1. The Labute approximate surface area is 191 Å². The van der Waals surface area contributed by atoms with Crippen LogP contribution in [0.25, 0.3) is 0 Å². The van der Waals surface area contributed by atoms with Crippen molar-refractivity contribution in [1.82, 2.24) is 0 Å². The lowest BCUT2D eigenvalue weighted by Gasteiger charge is -2.26. The third kappa shape index (κ3) is 4.91. The maximum atomic E-state index is 12.3. The molecule has 2 aromatic rings. The number of hydrogen-bond donors (Lipinski definition) is 0. The second kappa shape index (κ2) is 8.84. The van der Waals surface area contributed by atoms with E-state index in [9.17, 15) is 13.2 Å². The largest absolute Gasteiger partial charge is 0.455 e. The van der Waals surface area contributed by atoms with E-state index >= 15 is 0 Å². The number of ether oxygens (including phenoxy) is 1. The highest BCUT2D eigenvalue weighted by molar-refractivity contribution is 8.16. The number of benzene rings is 2. The summed E-state index contributed by atoms with van der Waals surface area (Å²) in [5.74, 6) is 1.03. The number of nitrogens with zero attached hydrogens (tertiary/aromatic N) is 2. The quantitative estimate of drug-likeness (QED) is 0.611. The van der Waals surface area contributed by atoms with Crippen LogP contribution in [0.4, 0.5) is 5.69 Å². The van der Waals surface area contributed by atoms with Crippen molar-refractivity contribution in [2.24, 2.45) is 4.99 Å². The molecule has 2 aromatic carbocycles. The molecule has 0 aliphatic carbocycles. The number of sulfone groups is 1. The van der Waals surface area contributed by atoms with E-state index in [2.05, 4.69) is 4.99 Å². The fourth-order valence-corrected chi connectivity index (χ4v) is 7.88. The molecular weight excluding hydrogens is 456 g/mol. The Balaban J connectivity index is 1.78. The van der Waals surface area contributed by atoms with E-state index in [0.29, 0.717) is 40.2 Å². The summed E-state index contributed by atoms with van der Waals surface area (Å²) in [6, 6.07) is 12.5. The van der Waals surface area contributed by atoms with Crippen molar-refractivity contribution in [2.75, 3.05) is 16.4 Å². The van der Waals surface area contributed by atoms with Crippen LogP contribution in [-0.2, 0) is 14.6 Å². The maximum Gasteiger partial charge on any atom is 0.248 e. The van der Waals surface area contributed by atoms with E-state index in [1.54, 1.807) is 18.2 Å². The lowest BCUT2D eigenvalue weighted by molar-refractivity contribution is -0.117. The lowest BCUT2D eigenvalue weighted by Crippen LogP contribution is -2.38. The van der Waals surface area contributed by atoms with Crippen LogP contribution in [0.15, 0.2) is 47.5 Å². The smallest absolute Gasteiger partial charge is 0.248 e. The molecule has 0 saturated carbocycles. The minimum absolute atomic E-state index is 0.00204. The van der Waals surface area contributed by atoms with E-state index in [1.807, 2.05) is 43.0 Å². The summed E-state index contributed by atoms with van der Waals surface area (Å²) in [7, 11) is -3.17. The van der Waals surface area contributed by atoms with Gasteiger partial charge >= 0.3 is 0 Å². The molecule has 2 aliphatic rings. The first kappa shape index (κ1) is 22.2. The van der Waals surface area contributed by atoms with Crippen LogP contribution in [0, 0.1) is 6.92 Å². The molecule has 0 radical (unpaired) electrons. The van der Waals surface area contributed by atoms with Gasteiger partial charge in [0.1, 0.15) is 5.75 Å². The minimum Gasteiger partial charge on any atom is -0.455 e. The molecule has 0 spiro atoms. The van der Waals surface area contributed by atoms with Crippen LogP contribution in [0.2, 0.25) is 5.02 Å². The van der Waals surface area contributed by atoms with E-state index in [4.69, 9.17) is 16.3 Å². The Bertz CT molecular complexity index is 1150. The zero-order valence-corrected chi connectivity index (χ0v) is 19.6. The van der Waals surface area contributed by atoms with Crippen molar-refractivity contribution >= 4 is 50.0 Å². The van der Waals surface area contributed by atoms with Gasteiger partial charge in [-0.15, -0.1) is 0 Å². The number of carbonyl (C=O) groups is 1. The van der Waals surface area contributed by atoms with Gasteiger partial charge in [-0.1, -0.05) is 42.4 Å². The summed E-state index contributed by atoms with van der Waals surface area (Å²) < 4.78 is 30.8. The number of anilines is 1. The predicted molar refractivity (Wildman–Crippen MR) is 126 cm³/mol. The van der Waals surface area contributed by atoms with E-state index in [0.717, 1.165) is 5.56 Å². The van der Waals surface area contributed by atoms with Crippen molar-refractivity contribution in [2.45, 2.75) is 38.0 Å². The van der Waals surface area contributed by atoms with Crippen LogP contribution in [0.1, 0.15) is 25.3 Å². The highest BCUT2D eigenvalue weighted by Crippen LogP contribution is 2.45. The van der Waals surface area contributed by atoms with Crippen molar-refractivity contribution in [3.05, 3.63) is 53.1 Å². The zero-order chi connectivity index (χ0) is 22.2. The molecule has 2 heterocycles. The molecule has 0 bridgehead atoms. The highest BCUT2D eigenvalue weighted by atomic mass is 35.5. The molecule has 2 aliphatic heterocycles. The predicted octanol–water partition coefficient (Wildman–Crippen LogP) is 4.84. The maximum absolute atomic E-state index is 12.3. The molecule has 164 valence electrons. The number of aliphatic imine (C=N–C) groups is 1. The average molecular weight is 479 g/mol. The summed E-state index contributed by atoms with van der Waals surface area (Å²) in [5, 5.41) is 0.795. The molecule has 1 amide bonds. The molecule has 0 aromatic heterocycles. The summed E-state index contributed by atoms with van der Waals surface area (Å²) >= 11 is 7.65. The van der Waals surface area contributed by atoms with Crippen LogP contribution in [0.5, 0.6) is 11.5 Å². The standard InChI is InChI=1S/C22H23ClN2O4S2/c1-3-5-21(26)24-22-25(18-12-31(27,28)13-20(18)30-22)17-11-15(23)8-9-19(17)29-16-7-4-6-14(2)10-16/h4,6-11,18,20H,3,5,12-13H2,1-2H3/t18-,20+/m0/s1. The second-order valence-corrected chi connectivity index (χ2v) is 11.5. The number of amides is 1. The van der Waals surface area contributed by atoms with Gasteiger partial charge in [-0.05, 0) is 49.2 Å². The summed E-state index contributed by atoms with van der Waals surface area (Å²) in [4.78, 5) is 18.4. The third-order valence-corrected chi connectivity index (χ3v) is 8.59. The molecule has 2 saturated heterocycles. The Hall–Kier alpha value is -2.03. The first-order chi connectivity index (χ1) is 14.8. The van der Waals surface area contributed by atoms with E-state index in [-0.39, 0.29) is 28.7 Å². The molecule has 4 rings (SSSR count). The highest BCUT2D eigenvalue weighted by Gasteiger charge is 2.50. The number of rotatable bonds is 5. The number of carbonyl (C=O) groups excluding carboxylic acids is 1. The summed E-state index contributed by atoms with van der Waals surface area (Å²) in [6.07, 6.45) is 1.04. The first-order valence-electron chi connectivity index (χ1n) is 10.1. The zero-order valence-electron chi connectivity index (χ0n) is 17.2. The van der Waals surface area contributed by atoms with Crippen LogP contribution in [-0.4, -0.2) is 42.3 Å². The topological polar surface area (TPSA) is 76.0 Å². The number of hydrogen-bond acceptors (Lipinski definition) is 5. The van der Waals surface area contributed by atoms with E-state index in [1.165, 1.54) is 11.8 Å². The first-order valence-corrected chi connectivity index (χ1v) is 13.2. The molecule has 6 nitrogen and oxygen atoms in total. The Morgan fingerprint density at radius 3 is 2.81 bits per heavy atom. The molecular formula is C22H23ClN2O4S2. The fourth-order valence-electron chi connectivity index (χ4n) is 3.79. The van der Waals surface area contributed by atoms with Crippen LogP contribution >= 0.6 is 23.4 Å². The minimum atomic E-state index is -3.17. The molecule has 2 fully saturated rings. The van der Waals surface area contributed by atoms with Gasteiger partial charge in [0.05, 0.1) is 23.2 Å². The Kier molecular flexibility index (Phi) is 6.32. The SMILES string of the molecule is CCCC(=O)N=C1S[C@@H]2CS(=O)(=O)C[C@@H]2N1c1cc(Cl)ccc1Oc1cccc(C)c1. The fraction of sp³-hybridized carbons (Fsp3) is 0.364. The molecule has 0 unspecified atom stereocenters. The summed E-state index contributed by atoms with van der Waals surface area (Å²) in [5.41, 5.74) is 1.66. The number of aryl methyl sites for hydroxylation is 1. The van der Waals surface area contributed by atoms with Crippen LogP contribution < -0.4 is 9.64 Å². The van der Waals surface area contributed by atoms with Crippen molar-refractivity contribution < 1.29 is 17.9 Å². The normalized spacial score (nSPS) is 23.2. The van der Waals surface area contributed by atoms with Crippen molar-refractivity contribution in [1.29, 1.82) is 0 Å². The summed E-state index contributed by atoms with van der Waals surface area (Å²) in [6.45, 7) is 3.90. The van der Waals surface area contributed by atoms with Gasteiger partial charge in [0.15, 0.2) is 20.8 Å². The van der Waals surface area contributed by atoms with Gasteiger partial charge in [-0.2, -0.15) is 4.99 Å². The van der Waals surface area contributed by atoms with Gasteiger partial charge in [0, 0.05) is 16.7 Å². The van der Waals surface area contributed by atoms with Crippen LogP contribution in [0.3, 0.4) is 0 Å². The Morgan fingerprint density at radius 2 is 2.06 bits per heavy atom. The third-order valence-electron chi connectivity index (χ3n) is 5.15. The number of fused-ring (bicyclic) bond motifs is 1. The molecule has 2 atom stereocenters. The molecule has 9 heteroatoms. The Morgan fingerprint density at radius 1 is 1.26 bits per heavy atom. The van der Waals surface area contributed by atoms with Gasteiger partial charge < -0.3 is 9.64 Å². The van der Waals surface area contributed by atoms with Gasteiger partial charge in [-0.25, -0.2) is 8.42 Å². The monoisotopic (exact) mass is 478 g/mol. The van der Waals surface area contributed by atoms with Crippen molar-refractivity contribution in [3.8, 4) is 11.5 Å². The van der Waals surface area contributed by atoms with Gasteiger partial charge in [0.25, 0.3) is 0 Å². The van der Waals surface area contributed by atoms with Gasteiger partial charge in [0.2, 0.25) is 5.91 Å². The lowest BCUT2D eigenvalue weighted by atomic mass is 10.2.